The summed E-state index contributed by atoms with van der Waals surface area (Å²) in [5.41, 5.74) is 6.09. The van der Waals surface area contributed by atoms with Crippen molar-refractivity contribution >= 4 is 5.91 Å². The van der Waals surface area contributed by atoms with E-state index in [9.17, 15) is 4.79 Å². The summed E-state index contributed by atoms with van der Waals surface area (Å²) in [7, 11) is 0. The molecule has 1 amide bonds. The zero-order chi connectivity index (χ0) is 13.5. The molecule has 0 saturated heterocycles. The number of aliphatic hydroxyl groups excluding tert-OH is 1. The third-order valence-electron chi connectivity index (χ3n) is 2.66. The molecular weight excluding hydrogens is 216 g/mol. The smallest absolute Gasteiger partial charge is 0.221 e. The average Bonchev–Trinajstić information content (AvgIpc) is 2.13. The summed E-state index contributed by atoms with van der Waals surface area (Å²) in [5, 5.41) is 11.7. The third-order valence-corrected chi connectivity index (χ3v) is 2.66. The molecule has 17 heavy (non-hydrogen) atoms. The van der Waals surface area contributed by atoms with Crippen molar-refractivity contribution in [2.75, 3.05) is 6.61 Å². The van der Waals surface area contributed by atoms with Gasteiger partial charge in [-0.2, -0.15) is 0 Å². The van der Waals surface area contributed by atoms with Crippen molar-refractivity contribution in [1.29, 1.82) is 0 Å². The van der Waals surface area contributed by atoms with Gasteiger partial charge in [-0.05, 0) is 24.7 Å². The molecule has 102 valence electrons. The van der Waals surface area contributed by atoms with Gasteiger partial charge >= 0.3 is 0 Å². The molecule has 4 nitrogen and oxygen atoms in total. The van der Waals surface area contributed by atoms with Crippen molar-refractivity contribution in [2.45, 2.75) is 65.5 Å². The highest BCUT2D eigenvalue weighted by atomic mass is 16.3. The average molecular weight is 244 g/mol. The first-order valence-electron chi connectivity index (χ1n) is 6.44. The van der Waals surface area contributed by atoms with E-state index in [2.05, 4.69) is 26.1 Å². The second-order valence-electron chi connectivity index (χ2n) is 5.91. The van der Waals surface area contributed by atoms with Crippen LogP contribution in [0.3, 0.4) is 0 Å². The van der Waals surface area contributed by atoms with Crippen LogP contribution in [0.5, 0.6) is 0 Å². The van der Waals surface area contributed by atoms with E-state index < -0.39 is 0 Å². The molecule has 0 aliphatic heterocycles. The number of nitrogens with two attached hydrogens (primary N) is 1. The Balaban J connectivity index is 3.99. The van der Waals surface area contributed by atoms with Crippen LogP contribution >= 0.6 is 0 Å². The summed E-state index contributed by atoms with van der Waals surface area (Å²) in [6.45, 7) is 8.45. The van der Waals surface area contributed by atoms with Crippen LogP contribution in [0.2, 0.25) is 0 Å². The Bertz CT molecular complexity index is 224. The van der Waals surface area contributed by atoms with Gasteiger partial charge < -0.3 is 16.2 Å². The fraction of sp³-hybridized carbons (Fsp3) is 0.923. The van der Waals surface area contributed by atoms with Crippen molar-refractivity contribution in [1.82, 2.24) is 5.32 Å². The number of amides is 1. The van der Waals surface area contributed by atoms with Crippen LogP contribution in [-0.2, 0) is 4.79 Å². The van der Waals surface area contributed by atoms with Gasteiger partial charge in [0.15, 0.2) is 0 Å². The molecule has 0 aromatic rings. The number of hydrogen-bond acceptors (Lipinski definition) is 3. The van der Waals surface area contributed by atoms with Crippen LogP contribution < -0.4 is 11.1 Å². The molecule has 0 aromatic carbocycles. The normalized spacial score (nSPS) is 15.4. The Morgan fingerprint density at radius 1 is 1.41 bits per heavy atom. The van der Waals surface area contributed by atoms with Crippen LogP contribution in [-0.4, -0.2) is 29.7 Å². The van der Waals surface area contributed by atoms with E-state index in [-0.39, 0.29) is 30.0 Å². The summed E-state index contributed by atoms with van der Waals surface area (Å²) in [5.74, 6) is -0.0120. The van der Waals surface area contributed by atoms with E-state index >= 15 is 0 Å². The molecule has 0 fully saturated rings. The van der Waals surface area contributed by atoms with E-state index in [1.807, 2.05) is 6.92 Å². The second kappa shape index (κ2) is 7.67. The van der Waals surface area contributed by atoms with Gasteiger partial charge in [-0.3, -0.25) is 4.79 Å². The van der Waals surface area contributed by atoms with Crippen molar-refractivity contribution in [3.05, 3.63) is 0 Å². The van der Waals surface area contributed by atoms with Gasteiger partial charge in [-0.1, -0.05) is 27.7 Å². The molecule has 0 saturated carbocycles. The van der Waals surface area contributed by atoms with Crippen LogP contribution in [0.4, 0.5) is 0 Å². The zero-order valence-corrected chi connectivity index (χ0v) is 11.6. The molecule has 0 aromatic heterocycles. The lowest BCUT2D eigenvalue weighted by molar-refractivity contribution is -0.122. The third kappa shape index (κ3) is 9.12. The van der Waals surface area contributed by atoms with Crippen molar-refractivity contribution < 1.29 is 9.90 Å². The Morgan fingerprint density at radius 2 is 2.00 bits per heavy atom. The minimum Gasteiger partial charge on any atom is -0.396 e. The van der Waals surface area contributed by atoms with Gasteiger partial charge in [0.2, 0.25) is 5.91 Å². The first-order valence-corrected chi connectivity index (χ1v) is 6.44. The lowest BCUT2D eigenvalue weighted by Gasteiger charge is -2.23. The Morgan fingerprint density at radius 3 is 2.41 bits per heavy atom. The van der Waals surface area contributed by atoms with Crippen molar-refractivity contribution in [3.63, 3.8) is 0 Å². The minimum absolute atomic E-state index is 0.0120. The lowest BCUT2D eigenvalue weighted by Crippen LogP contribution is -2.39. The first-order chi connectivity index (χ1) is 7.78. The van der Waals surface area contributed by atoms with Crippen LogP contribution in [0, 0.1) is 5.41 Å². The molecule has 2 unspecified atom stereocenters. The number of carbonyl (C=O) groups is 1. The SMILES string of the molecule is CCC(CCO)NC(=O)CC(N)CC(C)(C)C. The zero-order valence-electron chi connectivity index (χ0n) is 11.6. The Hall–Kier alpha value is -0.610. The summed E-state index contributed by atoms with van der Waals surface area (Å²) >= 11 is 0. The summed E-state index contributed by atoms with van der Waals surface area (Å²) < 4.78 is 0. The predicted octanol–water partition coefficient (Wildman–Crippen LogP) is 1.42. The van der Waals surface area contributed by atoms with Gasteiger partial charge in [0.25, 0.3) is 0 Å². The van der Waals surface area contributed by atoms with E-state index in [1.165, 1.54) is 0 Å². The monoisotopic (exact) mass is 244 g/mol. The molecule has 0 rings (SSSR count). The van der Waals surface area contributed by atoms with Gasteiger partial charge in [0.05, 0.1) is 0 Å². The minimum atomic E-state index is -0.0957. The summed E-state index contributed by atoms with van der Waals surface area (Å²) in [6, 6.07) is -0.0315. The number of carbonyl (C=O) groups excluding carboxylic acids is 1. The van der Waals surface area contributed by atoms with Gasteiger partial charge in [-0.25, -0.2) is 0 Å². The van der Waals surface area contributed by atoms with E-state index in [4.69, 9.17) is 10.8 Å². The highest BCUT2D eigenvalue weighted by Gasteiger charge is 2.19. The van der Waals surface area contributed by atoms with Crippen LogP contribution in [0.15, 0.2) is 0 Å². The molecule has 0 bridgehead atoms. The fourth-order valence-corrected chi connectivity index (χ4v) is 1.92. The number of hydrogen-bond donors (Lipinski definition) is 3. The van der Waals surface area contributed by atoms with Crippen molar-refractivity contribution in [3.8, 4) is 0 Å². The maximum atomic E-state index is 11.7. The standard InChI is InChI=1S/C13H28N2O2/c1-5-11(6-7-16)15-12(17)8-10(14)9-13(2,3)4/h10-11,16H,5-9,14H2,1-4H3,(H,15,17). The lowest BCUT2D eigenvalue weighted by atomic mass is 9.87. The second-order valence-corrected chi connectivity index (χ2v) is 5.91. The Labute approximate surface area is 105 Å². The van der Waals surface area contributed by atoms with Crippen molar-refractivity contribution in [2.24, 2.45) is 11.1 Å². The largest absolute Gasteiger partial charge is 0.396 e. The number of nitrogens with one attached hydrogen (secondary N) is 1. The van der Waals surface area contributed by atoms with Crippen LogP contribution in [0.25, 0.3) is 0 Å². The molecule has 0 radical (unpaired) electrons. The Kier molecular flexibility index (Phi) is 7.39. The quantitative estimate of drug-likeness (QED) is 0.634. The highest BCUT2D eigenvalue weighted by Crippen LogP contribution is 2.20. The molecule has 0 aliphatic carbocycles. The molecule has 4 N–H and O–H groups in total. The molecule has 0 aliphatic rings. The van der Waals surface area contributed by atoms with Crippen LogP contribution in [0.1, 0.15) is 53.4 Å². The van der Waals surface area contributed by atoms with E-state index in [0.29, 0.717) is 12.8 Å². The molecule has 4 heteroatoms. The first kappa shape index (κ1) is 16.4. The van der Waals surface area contributed by atoms with E-state index in [0.717, 1.165) is 12.8 Å². The molecule has 0 heterocycles. The van der Waals surface area contributed by atoms with Gasteiger partial charge in [0, 0.05) is 25.1 Å². The number of rotatable bonds is 7. The highest BCUT2D eigenvalue weighted by molar-refractivity contribution is 5.76. The maximum absolute atomic E-state index is 11.7. The summed E-state index contributed by atoms with van der Waals surface area (Å²) in [6.07, 6.45) is 2.63. The topological polar surface area (TPSA) is 75.3 Å². The van der Waals surface area contributed by atoms with E-state index in [1.54, 1.807) is 0 Å². The molecular formula is C13H28N2O2. The van der Waals surface area contributed by atoms with Gasteiger partial charge in [0.1, 0.15) is 0 Å². The maximum Gasteiger partial charge on any atom is 0.221 e. The molecule has 0 spiro atoms. The number of aliphatic hydroxyl groups is 1. The fourth-order valence-electron chi connectivity index (χ4n) is 1.92. The molecule has 2 atom stereocenters. The van der Waals surface area contributed by atoms with Gasteiger partial charge in [-0.15, -0.1) is 0 Å². The summed E-state index contributed by atoms with van der Waals surface area (Å²) in [4.78, 5) is 11.7. The predicted molar refractivity (Wildman–Crippen MR) is 70.6 cm³/mol.